The Morgan fingerprint density at radius 2 is 1.94 bits per heavy atom. The first kappa shape index (κ1) is 14.0. The van der Waals surface area contributed by atoms with Gasteiger partial charge in [-0.2, -0.15) is 5.26 Å². The van der Waals surface area contributed by atoms with E-state index in [9.17, 15) is 10.1 Å². The topological polar surface area (TPSA) is 52.9 Å². The van der Waals surface area contributed by atoms with E-state index in [0.717, 1.165) is 12.8 Å². The third kappa shape index (κ3) is 3.46. The highest BCUT2D eigenvalue weighted by Crippen LogP contribution is 2.34. The van der Waals surface area contributed by atoms with Gasteiger partial charge in [0.15, 0.2) is 0 Å². The van der Waals surface area contributed by atoms with E-state index < -0.39 is 5.41 Å². The van der Waals surface area contributed by atoms with E-state index >= 15 is 0 Å². The van der Waals surface area contributed by atoms with Crippen LogP contribution in [0.4, 0.5) is 0 Å². The van der Waals surface area contributed by atoms with Gasteiger partial charge in [-0.15, -0.1) is 0 Å². The molecule has 3 heteroatoms. The van der Waals surface area contributed by atoms with Crippen molar-refractivity contribution in [3.63, 3.8) is 0 Å². The standard InChI is InChI=1S/C14H24N2O/c1-4-8-14(10-15,9-5-2)13(17)16-11(3)12-6-7-12/h11-12H,4-9H2,1-3H3,(H,16,17). The SMILES string of the molecule is CCCC(C#N)(CCC)C(=O)NC(C)C1CC1. The number of nitrogens with one attached hydrogen (secondary N) is 1. The zero-order chi connectivity index (χ0) is 12.9. The monoisotopic (exact) mass is 236 g/mol. The van der Waals surface area contributed by atoms with Gasteiger partial charge < -0.3 is 5.32 Å². The van der Waals surface area contributed by atoms with Gasteiger partial charge >= 0.3 is 0 Å². The number of nitriles is 1. The number of carbonyl (C=O) groups excluding carboxylic acids is 1. The Morgan fingerprint density at radius 1 is 1.41 bits per heavy atom. The molecule has 96 valence electrons. The van der Waals surface area contributed by atoms with Crippen molar-refractivity contribution in [2.45, 2.75) is 65.3 Å². The minimum atomic E-state index is -0.799. The second kappa shape index (κ2) is 6.05. The van der Waals surface area contributed by atoms with Gasteiger partial charge in [0, 0.05) is 6.04 Å². The molecule has 1 aliphatic rings. The number of carbonyl (C=O) groups is 1. The lowest BCUT2D eigenvalue weighted by Crippen LogP contribution is -2.44. The smallest absolute Gasteiger partial charge is 0.240 e. The number of nitrogens with zero attached hydrogens (tertiary/aromatic N) is 1. The second-order valence-electron chi connectivity index (χ2n) is 5.29. The molecule has 1 N–H and O–H groups in total. The molecule has 17 heavy (non-hydrogen) atoms. The van der Waals surface area contributed by atoms with Gasteiger partial charge in [-0.05, 0) is 38.5 Å². The van der Waals surface area contributed by atoms with Crippen LogP contribution in [0.25, 0.3) is 0 Å². The second-order valence-corrected chi connectivity index (χ2v) is 5.29. The molecule has 1 saturated carbocycles. The van der Waals surface area contributed by atoms with Crippen molar-refractivity contribution in [2.75, 3.05) is 0 Å². The summed E-state index contributed by atoms with van der Waals surface area (Å²) < 4.78 is 0. The number of hydrogen-bond donors (Lipinski definition) is 1. The molecule has 1 aliphatic carbocycles. The molecule has 1 atom stereocenters. The highest BCUT2D eigenvalue weighted by molar-refractivity contribution is 5.85. The van der Waals surface area contributed by atoms with Crippen molar-refractivity contribution in [3.05, 3.63) is 0 Å². The molecule has 0 radical (unpaired) electrons. The molecule has 3 nitrogen and oxygen atoms in total. The fourth-order valence-corrected chi connectivity index (χ4v) is 2.43. The average molecular weight is 236 g/mol. The fourth-order valence-electron chi connectivity index (χ4n) is 2.43. The van der Waals surface area contributed by atoms with Crippen molar-refractivity contribution in [2.24, 2.45) is 11.3 Å². The Bertz CT molecular complexity index is 296. The number of hydrogen-bond acceptors (Lipinski definition) is 2. The third-order valence-corrected chi connectivity index (χ3v) is 3.69. The van der Waals surface area contributed by atoms with E-state index in [1.54, 1.807) is 0 Å². The molecule has 0 heterocycles. The lowest BCUT2D eigenvalue weighted by Gasteiger charge is -2.26. The van der Waals surface area contributed by atoms with Crippen LogP contribution in [0.5, 0.6) is 0 Å². The molecular weight excluding hydrogens is 212 g/mol. The molecule has 0 bridgehead atoms. The zero-order valence-electron chi connectivity index (χ0n) is 11.3. The maximum absolute atomic E-state index is 12.3. The molecule has 0 saturated heterocycles. The summed E-state index contributed by atoms with van der Waals surface area (Å²) in [4.78, 5) is 12.3. The molecule has 0 aromatic heterocycles. The molecule has 0 aromatic rings. The summed E-state index contributed by atoms with van der Waals surface area (Å²) in [5.41, 5.74) is -0.799. The largest absolute Gasteiger partial charge is 0.352 e. The Kier molecular flexibility index (Phi) is 4.99. The van der Waals surface area contributed by atoms with E-state index in [-0.39, 0.29) is 11.9 Å². The van der Waals surface area contributed by atoms with Gasteiger partial charge in [0.25, 0.3) is 0 Å². The van der Waals surface area contributed by atoms with Gasteiger partial charge in [0.2, 0.25) is 5.91 Å². The van der Waals surface area contributed by atoms with Crippen LogP contribution in [0.3, 0.4) is 0 Å². The molecule has 1 unspecified atom stereocenters. The molecule has 1 amide bonds. The van der Waals surface area contributed by atoms with Crippen LogP contribution in [-0.2, 0) is 4.79 Å². The molecule has 0 aromatic carbocycles. The number of amides is 1. The first-order valence-electron chi connectivity index (χ1n) is 6.81. The predicted octanol–water partition coefficient (Wildman–Crippen LogP) is 3.01. The van der Waals surface area contributed by atoms with Gasteiger partial charge in [0.05, 0.1) is 6.07 Å². The first-order chi connectivity index (χ1) is 8.09. The van der Waals surface area contributed by atoms with E-state index in [0.29, 0.717) is 18.8 Å². The van der Waals surface area contributed by atoms with Crippen molar-refractivity contribution < 1.29 is 4.79 Å². The summed E-state index contributed by atoms with van der Waals surface area (Å²) in [6.07, 6.45) is 5.50. The highest BCUT2D eigenvalue weighted by atomic mass is 16.2. The highest BCUT2D eigenvalue weighted by Gasteiger charge is 2.39. The summed E-state index contributed by atoms with van der Waals surface area (Å²) >= 11 is 0. The van der Waals surface area contributed by atoms with Crippen LogP contribution < -0.4 is 5.32 Å². The van der Waals surface area contributed by atoms with Gasteiger partial charge in [-0.1, -0.05) is 26.7 Å². The molecule has 0 spiro atoms. The Labute approximate surface area is 105 Å². The van der Waals surface area contributed by atoms with E-state index in [1.807, 2.05) is 13.8 Å². The van der Waals surface area contributed by atoms with Gasteiger partial charge in [0.1, 0.15) is 5.41 Å². The first-order valence-corrected chi connectivity index (χ1v) is 6.81. The van der Waals surface area contributed by atoms with E-state index in [2.05, 4.69) is 18.3 Å². The number of rotatable bonds is 7. The Balaban J connectivity index is 2.66. The minimum Gasteiger partial charge on any atom is -0.352 e. The fraction of sp³-hybridized carbons (Fsp3) is 0.857. The summed E-state index contributed by atoms with van der Waals surface area (Å²) in [6, 6.07) is 2.50. The summed E-state index contributed by atoms with van der Waals surface area (Å²) in [7, 11) is 0. The van der Waals surface area contributed by atoms with Crippen LogP contribution in [0.1, 0.15) is 59.3 Å². The van der Waals surface area contributed by atoms with E-state index in [1.165, 1.54) is 12.8 Å². The normalized spacial score (nSPS) is 17.3. The van der Waals surface area contributed by atoms with Crippen LogP contribution >= 0.6 is 0 Å². The zero-order valence-corrected chi connectivity index (χ0v) is 11.3. The Morgan fingerprint density at radius 3 is 2.29 bits per heavy atom. The maximum atomic E-state index is 12.3. The molecule has 1 rings (SSSR count). The summed E-state index contributed by atoms with van der Waals surface area (Å²) in [6.45, 7) is 6.11. The van der Waals surface area contributed by atoms with Crippen molar-refractivity contribution in [1.82, 2.24) is 5.32 Å². The van der Waals surface area contributed by atoms with Crippen molar-refractivity contribution >= 4 is 5.91 Å². The maximum Gasteiger partial charge on any atom is 0.240 e. The van der Waals surface area contributed by atoms with E-state index in [4.69, 9.17) is 0 Å². The molecular formula is C14H24N2O. The van der Waals surface area contributed by atoms with Crippen molar-refractivity contribution in [3.8, 4) is 6.07 Å². The lowest BCUT2D eigenvalue weighted by atomic mass is 9.79. The lowest BCUT2D eigenvalue weighted by molar-refractivity contribution is -0.129. The van der Waals surface area contributed by atoms with Crippen LogP contribution in [-0.4, -0.2) is 11.9 Å². The average Bonchev–Trinajstić information content (AvgIpc) is 3.12. The Hall–Kier alpha value is -1.04. The summed E-state index contributed by atoms with van der Waals surface area (Å²) in [5.74, 6) is 0.585. The van der Waals surface area contributed by atoms with Gasteiger partial charge in [-0.3, -0.25) is 4.79 Å². The van der Waals surface area contributed by atoms with Crippen LogP contribution in [0, 0.1) is 22.7 Å². The quantitative estimate of drug-likeness (QED) is 0.738. The van der Waals surface area contributed by atoms with Gasteiger partial charge in [-0.25, -0.2) is 0 Å². The van der Waals surface area contributed by atoms with Crippen molar-refractivity contribution in [1.29, 1.82) is 5.26 Å². The summed E-state index contributed by atoms with van der Waals surface area (Å²) in [5, 5.41) is 12.4. The molecule has 0 aliphatic heterocycles. The predicted molar refractivity (Wildman–Crippen MR) is 68.2 cm³/mol. The van der Waals surface area contributed by atoms with Crippen LogP contribution in [0.15, 0.2) is 0 Å². The molecule has 1 fully saturated rings. The minimum absolute atomic E-state index is 0.0527. The van der Waals surface area contributed by atoms with Crippen LogP contribution in [0.2, 0.25) is 0 Å². The third-order valence-electron chi connectivity index (χ3n) is 3.69.